The molecule has 1 heterocycles. The number of aliphatic hydroxyl groups excluding tert-OH is 1. The monoisotopic (exact) mass is 606 g/mol. The molecule has 11 heteroatoms. The molecule has 45 heavy (non-hydrogen) atoms. The first-order chi connectivity index (χ1) is 22.1. The van der Waals surface area contributed by atoms with E-state index in [1.54, 1.807) is 19.2 Å². The Morgan fingerprint density at radius 3 is 2.49 bits per heavy atom. The molecule has 0 unspecified atom stereocenters. The van der Waals surface area contributed by atoms with Crippen LogP contribution in [0.2, 0.25) is 0 Å². The molecule has 0 spiro atoms. The van der Waals surface area contributed by atoms with Gasteiger partial charge in [0.05, 0.1) is 25.9 Å². The predicted octanol–water partition coefficient (Wildman–Crippen LogP) is 5.91. The largest absolute Gasteiger partial charge is 0.497 e. The third-order valence-corrected chi connectivity index (χ3v) is 7.40. The number of nitrogens with one attached hydrogen (secondary N) is 2. The summed E-state index contributed by atoms with van der Waals surface area (Å²) in [5.41, 5.74) is 17.0. The minimum Gasteiger partial charge on any atom is -0.497 e. The Bertz CT molecular complexity index is 1670. The summed E-state index contributed by atoms with van der Waals surface area (Å²) in [6.45, 7) is 0.549. The van der Waals surface area contributed by atoms with E-state index in [4.69, 9.17) is 29.8 Å². The van der Waals surface area contributed by atoms with E-state index < -0.39 is 17.6 Å². The molecule has 3 N–H and O–H groups in total. The van der Waals surface area contributed by atoms with Crippen molar-refractivity contribution >= 4 is 17.5 Å². The van der Waals surface area contributed by atoms with Gasteiger partial charge in [0.2, 0.25) is 5.90 Å². The van der Waals surface area contributed by atoms with Crippen LogP contribution < -0.4 is 20.3 Å². The highest BCUT2D eigenvalue weighted by molar-refractivity contribution is 6.01. The van der Waals surface area contributed by atoms with Crippen LogP contribution in [0, 0.1) is 0 Å². The molecule has 0 saturated carbocycles. The molecule has 5 rings (SSSR count). The number of ether oxygens (including phenoxy) is 3. The number of hydrogen-bond donors (Lipinski definition) is 3. The van der Waals surface area contributed by atoms with Crippen LogP contribution in [-0.4, -0.2) is 42.8 Å². The summed E-state index contributed by atoms with van der Waals surface area (Å²) in [7, 11) is 1.58. The molecule has 11 nitrogen and oxygen atoms in total. The highest BCUT2D eigenvalue weighted by atomic mass is 16.5. The summed E-state index contributed by atoms with van der Waals surface area (Å²) in [6, 6.07) is 31.4. The number of carbonyl (C=O) groups is 1. The number of anilines is 1. The van der Waals surface area contributed by atoms with Gasteiger partial charge in [-0.3, -0.25) is 15.6 Å². The molecular formula is C34H34N6O5. The molecule has 0 radical (unpaired) electrons. The van der Waals surface area contributed by atoms with Crippen LogP contribution in [0.15, 0.2) is 113 Å². The van der Waals surface area contributed by atoms with E-state index in [1.165, 1.54) is 0 Å². The van der Waals surface area contributed by atoms with E-state index in [-0.39, 0.29) is 25.5 Å². The second kappa shape index (κ2) is 14.8. The van der Waals surface area contributed by atoms with Crippen LogP contribution >= 0.6 is 0 Å². The zero-order valence-corrected chi connectivity index (χ0v) is 24.8. The quantitative estimate of drug-likeness (QED) is 0.0534. The van der Waals surface area contributed by atoms with E-state index in [0.717, 1.165) is 11.1 Å². The van der Waals surface area contributed by atoms with Gasteiger partial charge in [-0.25, -0.2) is 4.99 Å². The first-order valence-corrected chi connectivity index (χ1v) is 14.5. The topological polar surface area (TPSA) is 150 Å². The van der Waals surface area contributed by atoms with Gasteiger partial charge in [0.25, 0.3) is 5.91 Å². The first-order valence-electron chi connectivity index (χ1n) is 14.5. The average Bonchev–Trinajstić information content (AvgIpc) is 3.48. The van der Waals surface area contributed by atoms with Gasteiger partial charge in [-0.15, -0.1) is 0 Å². The zero-order chi connectivity index (χ0) is 31.5. The van der Waals surface area contributed by atoms with Crippen LogP contribution in [0.1, 0.15) is 34.8 Å². The molecule has 0 fully saturated rings. The average molecular weight is 607 g/mol. The van der Waals surface area contributed by atoms with E-state index >= 15 is 0 Å². The lowest BCUT2D eigenvalue weighted by Gasteiger charge is -2.31. The van der Waals surface area contributed by atoms with E-state index in [9.17, 15) is 4.79 Å². The lowest BCUT2D eigenvalue weighted by Crippen LogP contribution is -2.51. The number of hydrogen-bond acceptors (Lipinski definition) is 8. The fraction of sp³-hybridized carbons (Fsp3) is 0.235. The number of amides is 1. The van der Waals surface area contributed by atoms with Crippen molar-refractivity contribution in [1.29, 1.82) is 0 Å². The smallest absolute Gasteiger partial charge is 0.270 e. The summed E-state index contributed by atoms with van der Waals surface area (Å²) < 4.78 is 17.8. The Balaban J connectivity index is 1.60. The molecule has 0 aromatic heterocycles. The van der Waals surface area contributed by atoms with Crippen molar-refractivity contribution in [3.63, 3.8) is 0 Å². The molecule has 2 atom stereocenters. The molecule has 0 bridgehead atoms. The molecule has 1 amide bonds. The molecule has 0 aliphatic carbocycles. The van der Waals surface area contributed by atoms with Gasteiger partial charge >= 0.3 is 0 Å². The van der Waals surface area contributed by atoms with Crippen LogP contribution in [0.5, 0.6) is 11.5 Å². The van der Waals surface area contributed by atoms with Crippen molar-refractivity contribution in [2.45, 2.75) is 31.0 Å². The minimum atomic E-state index is -1.49. The Morgan fingerprint density at radius 1 is 1.00 bits per heavy atom. The number of aliphatic hydroxyl groups is 1. The molecular weight excluding hydrogens is 572 g/mol. The Labute approximate surface area is 261 Å². The van der Waals surface area contributed by atoms with E-state index in [2.05, 4.69) is 20.9 Å². The Hall–Kier alpha value is -5.51. The van der Waals surface area contributed by atoms with E-state index in [0.29, 0.717) is 41.3 Å². The number of azide groups is 1. The predicted molar refractivity (Wildman–Crippen MR) is 171 cm³/mol. The number of rotatable bonds is 14. The number of benzene rings is 4. The second-order valence-electron chi connectivity index (χ2n) is 10.3. The number of aliphatic imine (C=N–C) groups is 1. The van der Waals surface area contributed by atoms with Crippen LogP contribution in [0.3, 0.4) is 0 Å². The highest BCUT2D eigenvalue weighted by Crippen LogP contribution is 2.43. The van der Waals surface area contributed by atoms with E-state index in [1.807, 2.05) is 91.0 Å². The number of carbonyl (C=O) groups excluding carboxylic acids is 1. The fourth-order valence-corrected chi connectivity index (χ4v) is 5.13. The van der Waals surface area contributed by atoms with Gasteiger partial charge in [0.1, 0.15) is 11.5 Å². The standard InChI is InChI=1S/C34H34N6O5/c1-43-30-14-7-11-25(21-30)31-34(33(42)39-38-28-12-3-2-4-13-28,22-26-9-5-6-10-27(26)23-36-40-35)37-32(45-31)24-15-17-29(18-16-24)44-20-8-19-41/h2-7,9-18,21,31,38,41H,8,19-20,22-23H2,1H3,(H,39,42)/t31-,34-/m0/s1. The van der Waals surface area contributed by atoms with Crippen molar-refractivity contribution in [2.24, 2.45) is 10.1 Å². The van der Waals surface area contributed by atoms with Crippen molar-refractivity contribution in [3.05, 3.63) is 136 Å². The zero-order valence-electron chi connectivity index (χ0n) is 24.8. The van der Waals surface area contributed by atoms with Gasteiger partial charge in [-0.05, 0) is 70.8 Å². The Kier molecular flexibility index (Phi) is 10.2. The molecule has 4 aromatic rings. The lowest BCUT2D eigenvalue weighted by atomic mass is 9.81. The normalized spacial score (nSPS) is 16.9. The Morgan fingerprint density at radius 2 is 1.76 bits per heavy atom. The summed E-state index contributed by atoms with van der Waals surface area (Å²) in [4.78, 5) is 22.5. The number of methoxy groups -OCH3 is 1. The summed E-state index contributed by atoms with van der Waals surface area (Å²) in [5, 5.41) is 12.8. The third kappa shape index (κ3) is 7.35. The molecule has 4 aromatic carbocycles. The van der Waals surface area contributed by atoms with Crippen molar-refractivity contribution in [1.82, 2.24) is 5.43 Å². The first kappa shape index (κ1) is 30.9. The second-order valence-corrected chi connectivity index (χ2v) is 10.3. The SMILES string of the molecule is COc1cccc([C@@H]2OC(c3ccc(OCCCO)cc3)=N[C@]2(Cc2ccccc2CN=[N+]=[N-])C(=O)NNc2ccccc2)c1. The summed E-state index contributed by atoms with van der Waals surface area (Å²) in [5.74, 6) is 1.11. The van der Waals surface area contributed by atoms with Gasteiger partial charge in [-0.1, -0.05) is 59.7 Å². The van der Waals surface area contributed by atoms with Gasteiger partial charge in [-0.2, -0.15) is 0 Å². The summed E-state index contributed by atoms with van der Waals surface area (Å²) in [6.07, 6.45) is -0.191. The van der Waals surface area contributed by atoms with Crippen LogP contribution in [0.4, 0.5) is 5.69 Å². The number of nitrogens with zero attached hydrogens (tertiary/aromatic N) is 4. The maximum Gasteiger partial charge on any atom is 0.270 e. The van der Waals surface area contributed by atoms with Gasteiger partial charge in [0.15, 0.2) is 11.6 Å². The number of hydrazine groups is 1. The highest BCUT2D eigenvalue weighted by Gasteiger charge is 2.53. The van der Waals surface area contributed by atoms with Crippen molar-refractivity contribution in [2.75, 3.05) is 25.7 Å². The summed E-state index contributed by atoms with van der Waals surface area (Å²) >= 11 is 0. The van der Waals surface area contributed by atoms with Crippen molar-refractivity contribution in [3.8, 4) is 11.5 Å². The lowest BCUT2D eigenvalue weighted by molar-refractivity contribution is -0.128. The molecule has 230 valence electrons. The third-order valence-electron chi connectivity index (χ3n) is 7.40. The number of para-hydroxylation sites is 1. The maximum absolute atomic E-state index is 14.5. The van der Waals surface area contributed by atoms with Gasteiger partial charge < -0.3 is 19.3 Å². The molecule has 0 saturated heterocycles. The van der Waals surface area contributed by atoms with Gasteiger partial charge in [0, 0.05) is 29.9 Å². The van der Waals surface area contributed by atoms with Crippen molar-refractivity contribution < 1.29 is 24.1 Å². The fourth-order valence-electron chi connectivity index (χ4n) is 5.13. The minimum absolute atomic E-state index is 0.0453. The molecule has 1 aliphatic rings. The van der Waals surface area contributed by atoms with Crippen LogP contribution in [0.25, 0.3) is 10.4 Å². The maximum atomic E-state index is 14.5. The molecule has 1 aliphatic heterocycles. The van der Waals surface area contributed by atoms with Crippen LogP contribution in [-0.2, 0) is 22.5 Å².